The van der Waals surface area contributed by atoms with Crippen LogP contribution in [0.2, 0.25) is 0 Å². The molecule has 0 amide bonds. The molecule has 0 saturated carbocycles. The molecule has 0 fully saturated rings. The number of rotatable bonds is 10. The molecule has 0 rings (SSSR count). The van der Waals surface area contributed by atoms with Crippen molar-refractivity contribution in [1.82, 2.24) is 0 Å². The number of methoxy groups -OCH3 is 1. The standard InChI is InChI=1S/C13H24O4/c1-3-11-17-13(15)10-8-6-4-5-7-9-12(14)16-2/h3-11H2,1-2H3. The predicted octanol–water partition coefficient (Wildman–Crippen LogP) is 2.84. The van der Waals surface area contributed by atoms with E-state index < -0.39 is 0 Å². The van der Waals surface area contributed by atoms with Crippen LogP contribution in [0.4, 0.5) is 0 Å². The fraction of sp³-hybridized carbons (Fsp3) is 0.846. The minimum atomic E-state index is -0.145. The second kappa shape index (κ2) is 11.4. The van der Waals surface area contributed by atoms with Crippen molar-refractivity contribution >= 4 is 11.9 Å². The van der Waals surface area contributed by atoms with Crippen molar-refractivity contribution < 1.29 is 19.1 Å². The Labute approximate surface area is 104 Å². The van der Waals surface area contributed by atoms with Gasteiger partial charge in [0.1, 0.15) is 0 Å². The highest BCUT2D eigenvalue weighted by atomic mass is 16.5. The van der Waals surface area contributed by atoms with E-state index in [4.69, 9.17) is 4.74 Å². The third kappa shape index (κ3) is 11.2. The minimum absolute atomic E-state index is 0.0959. The van der Waals surface area contributed by atoms with Crippen LogP contribution in [0.1, 0.15) is 58.3 Å². The van der Waals surface area contributed by atoms with Crippen LogP contribution in [0.5, 0.6) is 0 Å². The van der Waals surface area contributed by atoms with Crippen molar-refractivity contribution in [2.24, 2.45) is 0 Å². The van der Waals surface area contributed by atoms with Gasteiger partial charge < -0.3 is 9.47 Å². The van der Waals surface area contributed by atoms with Gasteiger partial charge in [-0.1, -0.05) is 26.2 Å². The van der Waals surface area contributed by atoms with Gasteiger partial charge in [0, 0.05) is 12.8 Å². The number of hydrogen-bond donors (Lipinski definition) is 0. The minimum Gasteiger partial charge on any atom is -0.469 e. The Balaban J connectivity index is 3.18. The molecule has 4 nitrogen and oxygen atoms in total. The molecule has 17 heavy (non-hydrogen) atoms. The molecule has 0 aliphatic carbocycles. The van der Waals surface area contributed by atoms with Crippen LogP contribution in [0.15, 0.2) is 0 Å². The largest absolute Gasteiger partial charge is 0.469 e. The normalized spacial score (nSPS) is 10.0. The van der Waals surface area contributed by atoms with Crippen molar-refractivity contribution in [3.8, 4) is 0 Å². The Morgan fingerprint density at radius 3 is 1.94 bits per heavy atom. The van der Waals surface area contributed by atoms with Gasteiger partial charge in [-0.15, -0.1) is 0 Å². The highest BCUT2D eigenvalue weighted by molar-refractivity contribution is 5.69. The zero-order chi connectivity index (χ0) is 12.9. The summed E-state index contributed by atoms with van der Waals surface area (Å²) < 4.78 is 9.51. The lowest BCUT2D eigenvalue weighted by Crippen LogP contribution is -2.04. The van der Waals surface area contributed by atoms with Crippen LogP contribution in [0, 0.1) is 0 Å². The van der Waals surface area contributed by atoms with Gasteiger partial charge in [0.05, 0.1) is 13.7 Å². The quantitative estimate of drug-likeness (QED) is 0.438. The predicted molar refractivity (Wildman–Crippen MR) is 65.6 cm³/mol. The molecule has 0 heterocycles. The molecule has 0 aromatic heterocycles. The van der Waals surface area contributed by atoms with E-state index in [1.165, 1.54) is 7.11 Å². The maximum atomic E-state index is 11.1. The molecule has 0 aliphatic rings. The lowest BCUT2D eigenvalue weighted by atomic mass is 10.1. The number of carbonyl (C=O) groups is 2. The summed E-state index contributed by atoms with van der Waals surface area (Å²) in [6.45, 7) is 2.51. The van der Waals surface area contributed by atoms with E-state index in [0.717, 1.165) is 38.5 Å². The highest BCUT2D eigenvalue weighted by Crippen LogP contribution is 2.08. The SMILES string of the molecule is CCCOC(=O)CCCCCCCC(=O)OC. The number of hydrogen-bond acceptors (Lipinski definition) is 4. The second-order valence-corrected chi connectivity index (χ2v) is 4.06. The summed E-state index contributed by atoms with van der Waals surface area (Å²) in [4.78, 5) is 21.9. The maximum absolute atomic E-state index is 11.1. The van der Waals surface area contributed by atoms with Crippen LogP contribution in [0.25, 0.3) is 0 Å². The Morgan fingerprint density at radius 2 is 1.41 bits per heavy atom. The number of esters is 2. The molecule has 4 heteroatoms. The van der Waals surface area contributed by atoms with Crippen molar-refractivity contribution in [1.29, 1.82) is 0 Å². The molecule has 0 N–H and O–H groups in total. The number of unbranched alkanes of at least 4 members (excludes halogenated alkanes) is 4. The van der Waals surface area contributed by atoms with Gasteiger partial charge in [-0.2, -0.15) is 0 Å². The van der Waals surface area contributed by atoms with E-state index in [-0.39, 0.29) is 11.9 Å². The zero-order valence-electron chi connectivity index (χ0n) is 11.0. The van der Waals surface area contributed by atoms with Crippen LogP contribution in [-0.2, 0) is 19.1 Å². The topological polar surface area (TPSA) is 52.6 Å². The first-order valence-corrected chi connectivity index (χ1v) is 6.43. The summed E-state index contributed by atoms with van der Waals surface area (Å²) in [6.07, 6.45) is 6.71. The van der Waals surface area contributed by atoms with Gasteiger partial charge in [-0.25, -0.2) is 0 Å². The average Bonchev–Trinajstić information content (AvgIpc) is 2.34. The second-order valence-electron chi connectivity index (χ2n) is 4.06. The Bertz CT molecular complexity index is 213. The third-order valence-corrected chi connectivity index (χ3v) is 2.46. The van der Waals surface area contributed by atoms with Gasteiger partial charge in [-0.3, -0.25) is 9.59 Å². The van der Waals surface area contributed by atoms with Crippen molar-refractivity contribution in [3.05, 3.63) is 0 Å². The molecule has 0 aliphatic heterocycles. The molecule has 0 aromatic rings. The van der Waals surface area contributed by atoms with Crippen LogP contribution >= 0.6 is 0 Å². The summed E-state index contributed by atoms with van der Waals surface area (Å²) in [5.41, 5.74) is 0. The van der Waals surface area contributed by atoms with E-state index >= 15 is 0 Å². The molecule has 0 aromatic carbocycles. The number of carbonyl (C=O) groups excluding carboxylic acids is 2. The molecule has 0 bridgehead atoms. The summed E-state index contributed by atoms with van der Waals surface area (Å²) in [7, 11) is 1.41. The van der Waals surface area contributed by atoms with Gasteiger partial charge in [0.2, 0.25) is 0 Å². The van der Waals surface area contributed by atoms with Gasteiger partial charge in [0.15, 0.2) is 0 Å². The zero-order valence-corrected chi connectivity index (χ0v) is 11.0. The first kappa shape index (κ1) is 15.9. The Hall–Kier alpha value is -1.06. The first-order chi connectivity index (χ1) is 8.20. The summed E-state index contributed by atoms with van der Waals surface area (Å²) in [6, 6.07) is 0. The average molecular weight is 244 g/mol. The van der Waals surface area contributed by atoms with E-state index in [1.54, 1.807) is 0 Å². The lowest BCUT2D eigenvalue weighted by molar-refractivity contribution is -0.144. The lowest BCUT2D eigenvalue weighted by Gasteiger charge is -2.03. The number of ether oxygens (including phenoxy) is 2. The summed E-state index contributed by atoms with van der Waals surface area (Å²) in [5, 5.41) is 0. The van der Waals surface area contributed by atoms with E-state index in [0.29, 0.717) is 19.4 Å². The summed E-state index contributed by atoms with van der Waals surface area (Å²) in [5.74, 6) is -0.241. The molecule has 0 spiro atoms. The molecular weight excluding hydrogens is 220 g/mol. The highest BCUT2D eigenvalue weighted by Gasteiger charge is 2.02. The molecule has 0 unspecified atom stereocenters. The molecule has 0 radical (unpaired) electrons. The fourth-order valence-electron chi connectivity index (χ4n) is 1.46. The van der Waals surface area contributed by atoms with E-state index in [2.05, 4.69) is 4.74 Å². The van der Waals surface area contributed by atoms with Crippen LogP contribution in [-0.4, -0.2) is 25.7 Å². The van der Waals surface area contributed by atoms with Gasteiger partial charge in [-0.05, 0) is 19.3 Å². The van der Waals surface area contributed by atoms with Crippen LogP contribution in [0.3, 0.4) is 0 Å². The first-order valence-electron chi connectivity index (χ1n) is 6.43. The Morgan fingerprint density at radius 1 is 0.882 bits per heavy atom. The van der Waals surface area contributed by atoms with Crippen molar-refractivity contribution in [2.45, 2.75) is 58.3 Å². The van der Waals surface area contributed by atoms with Crippen LogP contribution < -0.4 is 0 Å². The van der Waals surface area contributed by atoms with Crippen molar-refractivity contribution in [3.63, 3.8) is 0 Å². The third-order valence-electron chi connectivity index (χ3n) is 2.46. The van der Waals surface area contributed by atoms with Gasteiger partial charge in [0.25, 0.3) is 0 Å². The molecule has 0 saturated heterocycles. The monoisotopic (exact) mass is 244 g/mol. The Kier molecular flexibility index (Phi) is 10.7. The smallest absolute Gasteiger partial charge is 0.305 e. The fourth-order valence-corrected chi connectivity index (χ4v) is 1.46. The molecule has 0 atom stereocenters. The summed E-state index contributed by atoms with van der Waals surface area (Å²) >= 11 is 0. The van der Waals surface area contributed by atoms with E-state index in [1.807, 2.05) is 6.92 Å². The van der Waals surface area contributed by atoms with E-state index in [9.17, 15) is 9.59 Å². The molecular formula is C13H24O4. The molecule has 100 valence electrons. The van der Waals surface area contributed by atoms with Crippen molar-refractivity contribution in [2.75, 3.05) is 13.7 Å². The van der Waals surface area contributed by atoms with Gasteiger partial charge >= 0.3 is 11.9 Å². The maximum Gasteiger partial charge on any atom is 0.305 e.